The van der Waals surface area contributed by atoms with Crippen LogP contribution in [0, 0.1) is 17.3 Å². The Balaban J connectivity index is 1.65. The van der Waals surface area contributed by atoms with Gasteiger partial charge in [-0.05, 0) is 85.0 Å². The first kappa shape index (κ1) is 20.5. The lowest BCUT2D eigenvalue weighted by molar-refractivity contribution is -0.117. The molecule has 0 saturated heterocycles. The highest BCUT2D eigenvalue weighted by molar-refractivity contribution is 7.85. The van der Waals surface area contributed by atoms with Crippen molar-refractivity contribution in [1.82, 2.24) is 4.72 Å². The monoisotopic (exact) mass is 421 g/mol. The molecule has 0 radical (unpaired) electrons. The number of ether oxygens (including phenoxy) is 1. The van der Waals surface area contributed by atoms with Gasteiger partial charge in [-0.1, -0.05) is 19.8 Å². The van der Waals surface area contributed by atoms with Crippen LogP contribution in [0.2, 0.25) is 0 Å². The maximum atomic E-state index is 12.1. The van der Waals surface area contributed by atoms with Crippen LogP contribution in [0.5, 0.6) is 11.5 Å². The average Bonchev–Trinajstić information content (AvgIpc) is 2.65. The molecule has 1 amide bonds. The number of hydrogen-bond donors (Lipinski definition) is 1. The Morgan fingerprint density at radius 2 is 1.93 bits per heavy atom. The summed E-state index contributed by atoms with van der Waals surface area (Å²) in [6.45, 7) is 3.63. The number of carbonyl (C=O) groups excluding carboxylic acids is 1. The van der Waals surface area contributed by atoms with Crippen LogP contribution >= 0.6 is 0 Å². The Hall–Kier alpha value is -1.76. The second kappa shape index (κ2) is 7.49. The van der Waals surface area contributed by atoms with Crippen molar-refractivity contribution in [2.75, 3.05) is 7.11 Å². The van der Waals surface area contributed by atoms with Gasteiger partial charge in [0.15, 0.2) is 11.5 Å². The van der Waals surface area contributed by atoms with E-state index in [1.165, 1.54) is 51.2 Å². The first-order valence-electron chi connectivity index (χ1n) is 10.7. The van der Waals surface area contributed by atoms with Crippen molar-refractivity contribution in [3.05, 3.63) is 23.3 Å². The third kappa shape index (κ3) is 3.86. The molecule has 1 aromatic rings. The van der Waals surface area contributed by atoms with E-state index in [4.69, 9.17) is 8.92 Å². The molecule has 4 rings (SSSR count). The Morgan fingerprint density at radius 1 is 1.14 bits per heavy atom. The molecule has 6 nitrogen and oxygen atoms in total. The fourth-order valence-electron chi connectivity index (χ4n) is 6.28. The maximum absolute atomic E-state index is 12.1. The third-order valence-electron chi connectivity index (χ3n) is 7.51. The van der Waals surface area contributed by atoms with Gasteiger partial charge in [0.1, 0.15) is 0 Å². The Kier molecular flexibility index (Phi) is 5.30. The van der Waals surface area contributed by atoms with Gasteiger partial charge in [-0.25, -0.2) is 4.72 Å². The number of carbonyl (C=O) groups is 1. The van der Waals surface area contributed by atoms with Gasteiger partial charge in [-0.15, -0.1) is 0 Å². The van der Waals surface area contributed by atoms with E-state index >= 15 is 0 Å². The highest BCUT2D eigenvalue weighted by Gasteiger charge is 2.49. The molecule has 3 unspecified atom stereocenters. The van der Waals surface area contributed by atoms with E-state index in [1.807, 2.05) is 10.8 Å². The Morgan fingerprint density at radius 3 is 2.66 bits per heavy atom. The summed E-state index contributed by atoms with van der Waals surface area (Å²) < 4.78 is 36.6. The minimum Gasteiger partial charge on any atom is -0.493 e. The van der Waals surface area contributed by atoms with Crippen LogP contribution in [0.3, 0.4) is 0 Å². The number of methoxy groups -OCH3 is 1. The van der Waals surface area contributed by atoms with E-state index in [2.05, 4.69) is 6.92 Å². The van der Waals surface area contributed by atoms with Crippen molar-refractivity contribution in [2.45, 2.75) is 71.1 Å². The lowest BCUT2D eigenvalue weighted by Crippen LogP contribution is -2.44. The molecule has 0 aromatic heterocycles. The van der Waals surface area contributed by atoms with Gasteiger partial charge >= 0.3 is 10.3 Å². The summed E-state index contributed by atoms with van der Waals surface area (Å²) in [7, 11) is -2.71. The zero-order valence-corrected chi connectivity index (χ0v) is 18.3. The SMILES string of the molecule is COc1cc2c(cc1OS(=O)(=O)NC(C)=O)CCC1C2CC[C@]2(C)CCCCC12. The van der Waals surface area contributed by atoms with Crippen molar-refractivity contribution in [3.63, 3.8) is 0 Å². The smallest absolute Gasteiger partial charge is 0.409 e. The lowest BCUT2D eigenvalue weighted by atomic mass is 9.51. The fourth-order valence-corrected chi connectivity index (χ4v) is 7.04. The largest absolute Gasteiger partial charge is 0.493 e. The van der Waals surface area contributed by atoms with Gasteiger partial charge in [0.2, 0.25) is 5.91 Å². The van der Waals surface area contributed by atoms with Crippen LogP contribution in [0.4, 0.5) is 0 Å². The van der Waals surface area contributed by atoms with E-state index in [9.17, 15) is 13.2 Å². The first-order chi connectivity index (χ1) is 13.7. The van der Waals surface area contributed by atoms with Gasteiger partial charge in [-0.2, -0.15) is 8.42 Å². The average molecular weight is 422 g/mol. The molecular weight excluding hydrogens is 390 g/mol. The highest BCUT2D eigenvalue weighted by atomic mass is 32.2. The number of amides is 1. The summed E-state index contributed by atoms with van der Waals surface area (Å²) in [4.78, 5) is 11.1. The van der Waals surface area contributed by atoms with E-state index < -0.39 is 16.2 Å². The minimum atomic E-state index is -4.22. The molecule has 3 aliphatic rings. The van der Waals surface area contributed by atoms with E-state index in [-0.39, 0.29) is 5.75 Å². The third-order valence-corrected chi connectivity index (χ3v) is 8.44. The van der Waals surface area contributed by atoms with Crippen molar-refractivity contribution < 1.29 is 22.1 Å². The Bertz CT molecular complexity index is 912. The molecule has 4 atom stereocenters. The molecule has 0 heterocycles. The summed E-state index contributed by atoms with van der Waals surface area (Å²) in [5.41, 5.74) is 2.91. The highest BCUT2D eigenvalue weighted by Crippen LogP contribution is 2.60. The molecule has 0 aliphatic heterocycles. The first-order valence-corrected chi connectivity index (χ1v) is 12.1. The fraction of sp³-hybridized carbons (Fsp3) is 0.682. The zero-order valence-electron chi connectivity index (χ0n) is 17.5. The van der Waals surface area contributed by atoms with Crippen LogP contribution in [-0.2, 0) is 21.5 Å². The standard InChI is InChI=1S/C22H31NO5S/c1-14(24)23-29(25,26)28-21-12-15-7-8-17-16(18(15)13-20(21)27-3)9-11-22(2)10-5-4-6-19(17)22/h12-13,16-17,19H,4-11H2,1-3H3,(H,23,24)/t16?,17?,19?,22-/m0/s1. The number of rotatable bonds is 4. The molecule has 160 valence electrons. The van der Waals surface area contributed by atoms with Gasteiger partial charge in [0, 0.05) is 6.92 Å². The zero-order chi connectivity index (χ0) is 20.8. The predicted molar refractivity (Wildman–Crippen MR) is 110 cm³/mol. The summed E-state index contributed by atoms with van der Waals surface area (Å²) >= 11 is 0. The van der Waals surface area contributed by atoms with Gasteiger partial charge in [0.25, 0.3) is 0 Å². The molecule has 0 spiro atoms. The van der Waals surface area contributed by atoms with Crippen LogP contribution < -0.4 is 13.6 Å². The summed E-state index contributed by atoms with van der Waals surface area (Å²) in [6.07, 6.45) is 9.89. The quantitative estimate of drug-likeness (QED) is 0.792. The second-order valence-corrected chi connectivity index (χ2v) is 10.5. The van der Waals surface area contributed by atoms with Crippen molar-refractivity contribution >= 4 is 16.2 Å². The molecule has 2 fully saturated rings. The van der Waals surface area contributed by atoms with Crippen LogP contribution in [0.25, 0.3) is 0 Å². The molecule has 3 aliphatic carbocycles. The molecule has 1 aromatic carbocycles. The predicted octanol–water partition coefficient (Wildman–Crippen LogP) is 4.09. The second-order valence-electron chi connectivity index (χ2n) is 9.25. The number of fused-ring (bicyclic) bond motifs is 5. The maximum Gasteiger partial charge on any atom is 0.409 e. The Labute approximate surface area is 173 Å². The van der Waals surface area contributed by atoms with Crippen LogP contribution in [0.1, 0.15) is 75.8 Å². The van der Waals surface area contributed by atoms with E-state index in [0.29, 0.717) is 23.0 Å². The summed E-state index contributed by atoms with van der Waals surface area (Å²) in [6, 6.07) is 3.76. The van der Waals surface area contributed by atoms with Crippen molar-refractivity contribution in [2.24, 2.45) is 17.3 Å². The van der Waals surface area contributed by atoms with Crippen LogP contribution in [0.15, 0.2) is 12.1 Å². The molecule has 0 bridgehead atoms. The molecule has 29 heavy (non-hydrogen) atoms. The topological polar surface area (TPSA) is 81.7 Å². The van der Waals surface area contributed by atoms with Crippen molar-refractivity contribution in [3.8, 4) is 11.5 Å². The number of aryl methyl sites for hydroxylation is 1. The molecular formula is C22H31NO5S. The molecule has 1 N–H and O–H groups in total. The van der Waals surface area contributed by atoms with Crippen molar-refractivity contribution in [1.29, 1.82) is 0 Å². The molecule has 7 heteroatoms. The number of nitrogens with one attached hydrogen (secondary N) is 1. The van der Waals surface area contributed by atoms with Crippen LogP contribution in [-0.4, -0.2) is 21.4 Å². The minimum absolute atomic E-state index is 0.136. The molecule has 2 saturated carbocycles. The lowest BCUT2D eigenvalue weighted by Gasteiger charge is -2.54. The van der Waals surface area contributed by atoms with Gasteiger partial charge < -0.3 is 8.92 Å². The van der Waals surface area contributed by atoms with Gasteiger partial charge in [-0.3, -0.25) is 4.79 Å². The normalized spacial score (nSPS) is 31.1. The number of hydrogen-bond acceptors (Lipinski definition) is 5. The number of benzene rings is 1. The van der Waals surface area contributed by atoms with Gasteiger partial charge in [0.05, 0.1) is 7.11 Å². The van der Waals surface area contributed by atoms with E-state index in [1.54, 1.807) is 6.07 Å². The van der Waals surface area contributed by atoms with E-state index in [0.717, 1.165) is 31.2 Å². The summed E-state index contributed by atoms with van der Waals surface area (Å²) in [5.74, 6) is 1.82. The summed E-state index contributed by atoms with van der Waals surface area (Å²) in [5, 5.41) is 0.